The van der Waals surface area contributed by atoms with E-state index in [9.17, 15) is 9.90 Å². The molecule has 0 saturated heterocycles. The van der Waals surface area contributed by atoms with Crippen LogP contribution < -0.4 is 0 Å². The first kappa shape index (κ1) is 14.5. The van der Waals surface area contributed by atoms with Crippen molar-refractivity contribution in [1.29, 1.82) is 0 Å². The van der Waals surface area contributed by atoms with E-state index in [4.69, 9.17) is 11.6 Å². The zero-order valence-corrected chi connectivity index (χ0v) is 12.3. The number of carbonyl (C=O) groups is 1. The van der Waals surface area contributed by atoms with Crippen molar-refractivity contribution in [3.05, 3.63) is 16.4 Å². The summed E-state index contributed by atoms with van der Waals surface area (Å²) in [6.07, 6.45) is 3.91. The van der Waals surface area contributed by atoms with E-state index in [1.54, 1.807) is 4.68 Å². The Morgan fingerprint density at radius 2 is 2.05 bits per heavy atom. The van der Waals surface area contributed by atoms with Gasteiger partial charge in [0.15, 0.2) is 5.78 Å². The number of Topliss-reactive ketones (excluding diaryl/α,β-unsaturated/α-hetero) is 1. The van der Waals surface area contributed by atoms with Crippen molar-refractivity contribution < 1.29 is 9.90 Å². The smallest absolute Gasteiger partial charge is 0.170 e. The molecule has 0 amide bonds. The van der Waals surface area contributed by atoms with Gasteiger partial charge in [-0.15, -0.1) is 0 Å². The van der Waals surface area contributed by atoms with Crippen LogP contribution in [0.5, 0.6) is 0 Å². The van der Waals surface area contributed by atoms with E-state index in [0.717, 1.165) is 30.7 Å². The number of halogens is 1. The highest BCUT2D eigenvalue weighted by molar-refractivity contribution is 6.32. The molecule has 1 N–H and O–H groups in total. The Labute approximate surface area is 118 Å². The van der Waals surface area contributed by atoms with Gasteiger partial charge in [-0.3, -0.25) is 9.48 Å². The van der Waals surface area contributed by atoms with Gasteiger partial charge in [0.25, 0.3) is 0 Å². The van der Waals surface area contributed by atoms with Crippen LogP contribution in [-0.4, -0.2) is 26.3 Å². The van der Waals surface area contributed by atoms with Gasteiger partial charge in [0, 0.05) is 6.54 Å². The molecule has 2 rings (SSSR count). The second-order valence-corrected chi connectivity index (χ2v) is 5.59. The van der Waals surface area contributed by atoms with Gasteiger partial charge in [0.05, 0.1) is 22.8 Å². The molecule has 1 aliphatic rings. The molecule has 1 heterocycles. The predicted octanol–water partition coefficient (Wildman–Crippen LogP) is 2.54. The lowest BCUT2D eigenvalue weighted by Gasteiger charge is -2.20. The largest absolute Gasteiger partial charge is 0.382 e. The van der Waals surface area contributed by atoms with E-state index < -0.39 is 5.60 Å². The molecule has 1 aromatic rings. The highest BCUT2D eigenvalue weighted by Gasteiger charge is 2.39. The third kappa shape index (κ3) is 2.70. The normalized spacial score (nSPS) is 17.9. The second kappa shape index (κ2) is 5.63. The fourth-order valence-corrected chi connectivity index (χ4v) is 3.08. The van der Waals surface area contributed by atoms with Crippen LogP contribution in [0.3, 0.4) is 0 Å². The quantitative estimate of drug-likeness (QED) is 0.904. The third-order valence-electron chi connectivity index (χ3n) is 3.97. The Kier molecular flexibility index (Phi) is 4.31. The highest BCUT2D eigenvalue weighted by atomic mass is 35.5. The molecule has 0 unspecified atom stereocenters. The molecule has 0 spiro atoms. The zero-order valence-electron chi connectivity index (χ0n) is 11.6. The SMILES string of the molecule is CCc1nn(CC)c(CC(=O)C2(O)CCCC2)c1Cl. The molecule has 0 radical (unpaired) electrons. The Morgan fingerprint density at radius 1 is 1.42 bits per heavy atom. The molecular formula is C14H21ClN2O2. The number of rotatable bonds is 5. The maximum absolute atomic E-state index is 12.3. The van der Waals surface area contributed by atoms with E-state index in [1.807, 2.05) is 13.8 Å². The van der Waals surface area contributed by atoms with Crippen molar-refractivity contribution in [3.8, 4) is 0 Å². The van der Waals surface area contributed by atoms with Crippen molar-refractivity contribution in [2.45, 2.75) is 64.5 Å². The molecule has 1 aliphatic carbocycles. The summed E-state index contributed by atoms with van der Waals surface area (Å²) < 4.78 is 1.78. The Hall–Kier alpha value is -0.870. The van der Waals surface area contributed by atoms with Gasteiger partial charge in [-0.2, -0.15) is 5.10 Å². The number of carbonyl (C=O) groups excluding carboxylic acids is 1. The lowest BCUT2D eigenvalue weighted by Crippen LogP contribution is -2.37. The lowest BCUT2D eigenvalue weighted by molar-refractivity contribution is -0.136. The van der Waals surface area contributed by atoms with Gasteiger partial charge in [-0.1, -0.05) is 18.5 Å². The molecule has 1 saturated carbocycles. The standard InChI is InChI=1S/C14H21ClN2O2/c1-3-10-13(15)11(17(4-2)16-10)9-12(18)14(19)7-5-6-8-14/h19H,3-9H2,1-2H3. The number of hydrogen-bond acceptors (Lipinski definition) is 3. The van der Waals surface area contributed by atoms with Gasteiger partial charge in [-0.05, 0) is 39.0 Å². The van der Waals surface area contributed by atoms with Gasteiger partial charge in [-0.25, -0.2) is 0 Å². The number of ketones is 1. The van der Waals surface area contributed by atoms with Crippen molar-refractivity contribution in [2.24, 2.45) is 0 Å². The first-order valence-electron chi connectivity index (χ1n) is 7.01. The Bertz CT molecular complexity index is 476. The Morgan fingerprint density at radius 3 is 2.58 bits per heavy atom. The van der Waals surface area contributed by atoms with E-state index in [0.29, 0.717) is 24.4 Å². The van der Waals surface area contributed by atoms with Crippen LogP contribution in [-0.2, 0) is 24.2 Å². The topological polar surface area (TPSA) is 55.1 Å². The maximum Gasteiger partial charge on any atom is 0.170 e. The first-order valence-corrected chi connectivity index (χ1v) is 7.39. The van der Waals surface area contributed by atoms with Gasteiger partial charge in [0.2, 0.25) is 0 Å². The molecule has 1 fully saturated rings. The van der Waals surface area contributed by atoms with E-state index in [-0.39, 0.29) is 12.2 Å². The summed E-state index contributed by atoms with van der Waals surface area (Å²) in [5, 5.41) is 15.3. The number of aryl methyl sites for hydroxylation is 2. The van der Waals surface area contributed by atoms with Gasteiger partial charge < -0.3 is 5.11 Å². The van der Waals surface area contributed by atoms with Crippen molar-refractivity contribution in [2.75, 3.05) is 0 Å². The number of nitrogens with zero attached hydrogens (tertiary/aromatic N) is 2. The highest BCUT2D eigenvalue weighted by Crippen LogP contribution is 2.32. The lowest BCUT2D eigenvalue weighted by atomic mass is 9.93. The molecule has 106 valence electrons. The van der Waals surface area contributed by atoms with Crippen LogP contribution in [0.25, 0.3) is 0 Å². The predicted molar refractivity (Wildman–Crippen MR) is 74.4 cm³/mol. The average molecular weight is 285 g/mol. The monoisotopic (exact) mass is 284 g/mol. The van der Waals surface area contributed by atoms with Crippen LogP contribution in [0, 0.1) is 0 Å². The van der Waals surface area contributed by atoms with Crippen LogP contribution in [0.4, 0.5) is 0 Å². The summed E-state index contributed by atoms with van der Waals surface area (Å²) in [5.41, 5.74) is 0.425. The zero-order chi connectivity index (χ0) is 14.0. The fourth-order valence-electron chi connectivity index (χ4n) is 2.74. The summed E-state index contributed by atoms with van der Waals surface area (Å²) in [7, 11) is 0. The van der Waals surface area contributed by atoms with Gasteiger partial charge in [0.1, 0.15) is 5.60 Å². The summed E-state index contributed by atoms with van der Waals surface area (Å²) in [6, 6.07) is 0. The van der Waals surface area contributed by atoms with E-state index in [2.05, 4.69) is 5.10 Å². The summed E-state index contributed by atoms with van der Waals surface area (Å²) >= 11 is 6.29. The molecule has 19 heavy (non-hydrogen) atoms. The molecule has 5 heteroatoms. The maximum atomic E-state index is 12.3. The average Bonchev–Trinajstić information content (AvgIpc) is 2.96. The molecular weight excluding hydrogens is 264 g/mol. The van der Waals surface area contributed by atoms with Crippen LogP contribution in [0.15, 0.2) is 0 Å². The molecule has 4 nitrogen and oxygen atoms in total. The van der Waals surface area contributed by atoms with Crippen LogP contribution >= 0.6 is 11.6 Å². The minimum Gasteiger partial charge on any atom is -0.382 e. The number of hydrogen-bond donors (Lipinski definition) is 1. The fraction of sp³-hybridized carbons (Fsp3) is 0.714. The number of aromatic nitrogens is 2. The minimum atomic E-state index is -1.14. The first-order chi connectivity index (χ1) is 9.01. The van der Waals surface area contributed by atoms with Crippen molar-refractivity contribution >= 4 is 17.4 Å². The summed E-state index contributed by atoms with van der Waals surface area (Å²) in [4.78, 5) is 12.3. The molecule has 0 bridgehead atoms. The van der Waals surface area contributed by atoms with Gasteiger partial charge >= 0.3 is 0 Å². The Balaban J connectivity index is 2.23. The number of aliphatic hydroxyl groups is 1. The van der Waals surface area contributed by atoms with E-state index >= 15 is 0 Å². The molecule has 0 aliphatic heterocycles. The molecule has 0 atom stereocenters. The molecule has 0 aromatic carbocycles. The third-order valence-corrected chi connectivity index (χ3v) is 4.41. The van der Waals surface area contributed by atoms with Crippen molar-refractivity contribution in [1.82, 2.24) is 9.78 Å². The van der Waals surface area contributed by atoms with Crippen molar-refractivity contribution in [3.63, 3.8) is 0 Å². The summed E-state index contributed by atoms with van der Waals surface area (Å²) in [5.74, 6) is -0.121. The second-order valence-electron chi connectivity index (χ2n) is 5.22. The van der Waals surface area contributed by atoms with E-state index in [1.165, 1.54) is 0 Å². The summed E-state index contributed by atoms with van der Waals surface area (Å²) in [6.45, 7) is 4.64. The molecule has 1 aromatic heterocycles. The minimum absolute atomic E-state index is 0.121. The van der Waals surface area contributed by atoms with Crippen LogP contribution in [0.2, 0.25) is 5.02 Å². The van der Waals surface area contributed by atoms with Crippen LogP contribution in [0.1, 0.15) is 50.9 Å².